The topological polar surface area (TPSA) is 57.0 Å². The Morgan fingerprint density at radius 1 is 1.21 bits per heavy atom. The number of carbonyl (C=O) groups is 2. The monoisotopic (exact) mass is 492 g/mol. The fourth-order valence-electron chi connectivity index (χ4n) is 3.85. The number of thiophene rings is 1. The molecule has 1 aromatic heterocycles. The Morgan fingerprint density at radius 3 is 2.56 bits per heavy atom. The SMILES string of the molecule is [C-]#[N+]c1ccc(N2C(=O)C(C)(C)N(c3ccc(CNC(=O)c4cccs4)c(F)c3)C2=S)cc1C. The predicted molar refractivity (Wildman–Crippen MR) is 136 cm³/mol. The van der Waals surface area contributed by atoms with E-state index in [4.69, 9.17) is 18.8 Å². The maximum Gasteiger partial charge on any atom is 0.261 e. The summed E-state index contributed by atoms with van der Waals surface area (Å²) in [5.74, 6) is -1.02. The van der Waals surface area contributed by atoms with E-state index in [0.717, 1.165) is 5.56 Å². The van der Waals surface area contributed by atoms with E-state index in [1.807, 2.05) is 0 Å². The highest BCUT2D eigenvalue weighted by Crippen LogP contribution is 2.38. The average molecular weight is 493 g/mol. The Morgan fingerprint density at radius 2 is 1.94 bits per heavy atom. The van der Waals surface area contributed by atoms with Gasteiger partial charge in [0.1, 0.15) is 11.4 Å². The van der Waals surface area contributed by atoms with Crippen molar-refractivity contribution in [3.05, 3.63) is 87.1 Å². The van der Waals surface area contributed by atoms with Crippen LogP contribution in [0.1, 0.15) is 34.6 Å². The van der Waals surface area contributed by atoms with E-state index in [2.05, 4.69) is 10.2 Å². The number of hydrogen-bond donors (Lipinski definition) is 1. The van der Waals surface area contributed by atoms with Gasteiger partial charge in [-0.3, -0.25) is 14.5 Å². The van der Waals surface area contributed by atoms with Crippen LogP contribution in [0.4, 0.5) is 21.5 Å². The fraction of sp³-hybridized carbons (Fsp3) is 0.200. The molecule has 0 unspecified atom stereocenters. The minimum Gasteiger partial charge on any atom is -0.347 e. The number of hydrogen-bond acceptors (Lipinski definition) is 4. The second kappa shape index (κ2) is 8.97. The molecule has 6 nitrogen and oxygen atoms in total. The molecule has 4 rings (SSSR count). The number of anilines is 2. The molecule has 0 atom stereocenters. The molecule has 1 aliphatic heterocycles. The van der Waals surface area contributed by atoms with E-state index in [1.54, 1.807) is 73.5 Å². The second-order valence-electron chi connectivity index (χ2n) is 8.34. The van der Waals surface area contributed by atoms with Crippen LogP contribution >= 0.6 is 23.6 Å². The zero-order valence-electron chi connectivity index (χ0n) is 18.8. The Balaban J connectivity index is 1.59. The highest BCUT2D eigenvalue weighted by atomic mass is 32.1. The zero-order chi connectivity index (χ0) is 24.6. The van der Waals surface area contributed by atoms with Gasteiger partial charge in [-0.05, 0) is 74.3 Å². The molecule has 0 spiro atoms. The number of aryl methyl sites for hydroxylation is 1. The number of benzene rings is 2. The molecule has 2 heterocycles. The lowest BCUT2D eigenvalue weighted by Gasteiger charge is -2.29. The summed E-state index contributed by atoms with van der Waals surface area (Å²) >= 11 is 6.97. The molecule has 1 N–H and O–H groups in total. The third kappa shape index (κ3) is 4.06. The standard InChI is InChI=1S/C25H21FN4O2S2/c1-15-12-17(9-10-20(15)27-4)29-23(32)25(2,3)30(24(29)33)18-8-7-16(19(26)13-18)14-28-22(31)21-6-5-11-34-21/h5-13H,14H2,1-3H3,(H,28,31). The van der Waals surface area contributed by atoms with Crippen molar-refractivity contribution in [3.8, 4) is 0 Å². The number of halogens is 1. The van der Waals surface area contributed by atoms with Crippen molar-refractivity contribution in [1.82, 2.24) is 5.32 Å². The number of amides is 2. The van der Waals surface area contributed by atoms with Crippen molar-refractivity contribution < 1.29 is 14.0 Å². The van der Waals surface area contributed by atoms with Crippen LogP contribution in [-0.2, 0) is 11.3 Å². The van der Waals surface area contributed by atoms with Crippen LogP contribution < -0.4 is 15.1 Å². The summed E-state index contributed by atoms with van der Waals surface area (Å²) in [7, 11) is 0. The van der Waals surface area contributed by atoms with E-state index < -0.39 is 11.4 Å². The van der Waals surface area contributed by atoms with Crippen LogP contribution in [0.5, 0.6) is 0 Å². The molecular formula is C25H21FN4O2S2. The van der Waals surface area contributed by atoms with Gasteiger partial charge in [-0.1, -0.05) is 18.2 Å². The molecule has 1 saturated heterocycles. The van der Waals surface area contributed by atoms with E-state index in [0.29, 0.717) is 27.5 Å². The highest BCUT2D eigenvalue weighted by molar-refractivity contribution is 7.81. The van der Waals surface area contributed by atoms with Crippen LogP contribution in [0, 0.1) is 19.3 Å². The molecule has 0 saturated carbocycles. The summed E-state index contributed by atoms with van der Waals surface area (Å²) in [4.78, 5) is 32.5. The maximum atomic E-state index is 15.0. The normalized spacial score (nSPS) is 14.9. The van der Waals surface area contributed by atoms with Crippen molar-refractivity contribution in [2.24, 2.45) is 0 Å². The van der Waals surface area contributed by atoms with Crippen LogP contribution in [-0.4, -0.2) is 22.5 Å². The smallest absolute Gasteiger partial charge is 0.261 e. The molecule has 2 aromatic carbocycles. The first-order chi connectivity index (χ1) is 16.1. The molecule has 0 radical (unpaired) electrons. The largest absolute Gasteiger partial charge is 0.347 e. The van der Waals surface area contributed by atoms with Crippen molar-refractivity contribution >= 4 is 57.5 Å². The van der Waals surface area contributed by atoms with E-state index in [1.165, 1.54) is 22.3 Å². The summed E-state index contributed by atoms with van der Waals surface area (Å²) in [6.45, 7) is 12.5. The third-order valence-electron chi connectivity index (χ3n) is 5.71. The predicted octanol–water partition coefficient (Wildman–Crippen LogP) is 5.59. The summed E-state index contributed by atoms with van der Waals surface area (Å²) in [6, 6.07) is 13.2. The second-order valence-corrected chi connectivity index (χ2v) is 9.65. The molecule has 172 valence electrons. The molecule has 0 aliphatic carbocycles. The molecule has 1 aliphatic rings. The number of nitrogens with zero attached hydrogens (tertiary/aromatic N) is 3. The Kier molecular flexibility index (Phi) is 6.21. The Bertz CT molecular complexity index is 1350. The fourth-order valence-corrected chi connectivity index (χ4v) is 5.01. The summed E-state index contributed by atoms with van der Waals surface area (Å²) in [5, 5.41) is 4.74. The third-order valence-corrected chi connectivity index (χ3v) is 6.94. The van der Waals surface area contributed by atoms with Gasteiger partial charge in [0.05, 0.1) is 11.4 Å². The van der Waals surface area contributed by atoms with Gasteiger partial charge < -0.3 is 10.2 Å². The van der Waals surface area contributed by atoms with Gasteiger partial charge >= 0.3 is 0 Å². The number of carbonyl (C=O) groups excluding carboxylic acids is 2. The van der Waals surface area contributed by atoms with Crippen molar-refractivity contribution in [2.75, 3.05) is 9.80 Å². The lowest BCUT2D eigenvalue weighted by molar-refractivity contribution is -0.120. The number of thiocarbonyl (C=S) groups is 1. The molecule has 9 heteroatoms. The quantitative estimate of drug-likeness (QED) is 0.373. The maximum absolute atomic E-state index is 15.0. The summed E-state index contributed by atoms with van der Waals surface area (Å²) < 4.78 is 15.0. The van der Waals surface area contributed by atoms with Gasteiger partial charge in [0.25, 0.3) is 11.8 Å². The molecule has 3 aromatic rings. The Labute approximate surface area is 206 Å². The lowest BCUT2D eigenvalue weighted by atomic mass is 10.0. The van der Waals surface area contributed by atoms with Gasteiger partial charge in [-0.25, -0.2) is 9.24 Å². The van der Waals surface area contributed by atoms with Gasteiger partial charge in [0.15, 0.2) is 10.8 Å². The first-order valence-corrected chi connectivity index (χ1v) is 11.7. The average Bonchev–Trinajstić information content (AvgIpc) is 3.39. The minimum atomic E-state index is -1.05. The van der Waals surface area contributed by atoms with E-state index in [-0.39, 0.29) is 23.5 Å². The molecular weight excluding hydrogens is 471 g/mol. The van der Waals surface area contributed by atoms with E-state index >= 15 is 0 Å². The molecule has 2 amide bonds. The summed E-state index contributed by atoms with van der Waals surface area (Å²) in [6.07, 6.45) is 0. The molecule has 1 fully saturated rings. The van der Waals surface area contributed by atoms with Crippen LogP contribution in [0.3, 0.4) is 0 Å². The van der Waals surface area contributed by atoms with E-state index in [9.17, 15) is 14.0 Å². The zero-order valence-corrected chi connectivity index (χ0v) is 20.4. The van der Waals surface area contributed by atoms with Gasteiger partial charge in [-0.15, -0.1) is 11.3 Å². The van der Waals surface area contributed by atoms with Crippen LogP contribution in [0.2, 0.25) is 0 Å². The summed E-state index contributed by atoms with van der Waals surface area (Å²) in [5.41, 5.74) is 1.51. The highest BCUT2D eigenvalue weighted by Gasteiger charge is 2.50. The van der Waals surface area contributed by atoms with Crippen molar-refractivity contribution in [1.29, 1.82) is 0 Å². The number of rotatable bonds is 5. The molecule has 0 bridgehead atoms. The minimum absolute atomic E-state index is 0.0361. The van der Waals surface area contributed by atoms with Crippen LogP contribution in [0.25, 0.3) is 4.85 Å². The van der Waals surface area contributed by atoms with Gasteiger partial charge in [0.2, 0.25) is 0 Å². The van der Waals surface area contributed by atoms with Crippen molar-refractivity contribution in [3.63, 3.8) is 0 Å². The van der Waals surface area contributed by atoms with Gasteiger partial charge in [0, 0.05) is 23.5 Å². The van der Waals surface area contributed by atoms with Crippen LogP contribution in [0.15, 0.2) is 53.9 Å². The Hall–Kier alpha value is -3.61. The first kappa shape index (κ1) is 23.5. The molecule has 34 heavy (non-hydrogen) atoms. The first-order valence-electron chi connectivity index (χ1n) is 10.4. The number of nitrogens with one attached hydrogen (secondary N) is 1. The van der Waals surface area contributed by atoms with Crippen molar-refractivity contribution in [2.45, 2.75) is 32.9 Å². The van der Waals surface area contributed by atoms with Gasteiger partial charge in [-0.2, -0.15) is 0 Å². The lowest BCUT2D eigenvalue weighted by Crippen LogP contribution is -2.44.